The summed E-state index contributed by atoms with van der Waals surface area (Å²) in [5.41, 5.74) is 3.96. The molecular weight excluding hydrogens is 539 g/mol. The van der Waals surface area contributed by atoms with Crippen molar-refractivity contribution < 1.29 is 24.1 Å². The van der Waals surface area contributed by atoms with Gasteiger partial charge in [0, 0.05) is 39.6 Å². The van der Waals surface area contributed by atoms with E-state index < -0.39 is 17.9 Å². The van der Waals surface area contributed by atoms with E-state index in [1.165, 1.54) is 0 Å². The number of aromatic amines is 1. The van der Waals surface area contributed by atoms with Gasteiger partial charge in [-0.1, -0.05) is 35.3 Å². The predicted octanol–water partition coefficient (Wildman–Crippen LogP) is 7.14. The van der Waals surface area contributed by atoms with E-state index in [-0.39, 0.29) is 0 Å². The maximum atomic E-state index is 13.4. The van der Waals surface area contributed by atoms with Crippen LogP contribution in [0.4, 0.5) is 4.79 Å². The Kier molecular flexibility index (Phi) is 8.05. The molecule has 7 nitrogen and oxygen atoms in total. The van der Waals surface area contributed by atoms with Gasteiger partial charge in [0.15, 0.2) is 5.79 Å². The van der Waals surface area contributed by atoms with Crippen LogP contribution in [0.3, 0.4) is 0 Å². The number of hydrogen-bond donors (Lipinski definition) is 2. The minimum atomic E-state index is -1.16. The zero-order chi connectivity index (χ0) is 27.6. The molecule has 1 aliphatic rings. The Balaban J connectivity index is 1.39. The molecule has 0 unspecified atom stereocenters. The van der Waals surface area contributed by atoms with Gasteiger partial charge in [-0.05, 0) is 86.0 Å². The van der Waals surface area contributed by atoms with E-state index in [1.807, 2.05) is 42.5 Å². The van der Waals surface area contributed by atoms with Crippen molar-refractivity contribution in [2.45, 2.75) is 38.5 Å². The average Bonchev–Trinajstić information content (AvgIpc) is 3.27. The molecule has 0 bridgehead atoms. The fourth-order valence-corrected chi connectivity index (χ4v) is 5.08. The molecule has 2 heterocycles. The van der Waals surface area contributed by atoms with Gasteiger partial charge in [0.1, 0.15) is 17.5 Å². The Morgan fingerprint density at radius 1 is 1.00 bits per heavy atom. The number of aromatic nitrogens is 1. The maximum absolute atomic E-state index is 13.4. The quantitative estimate of drug-likeness (QED) is 0.174. The first-order chi connectivity index (χ1) is 18.7. The van der Waals surface area contributed by atoms with Gasteiger partial charge in [0.25, 0.3) is 0 Å². The van der Waals surface area contributed by atoms with E-state index in [4.69, 9.17) is 37.4 Å². The number of carbonyl (C=O) groups excluding carboxylic acids is 1. The molecule has 3 aromatic carbocycles. The topological polar surface area (TPSA) is 84.0 Å². The van der Waals surface area contributed by atoms with E-state index in [1.54, 1.807) is 43.0 Å². The molecule has 1 amide bonds. The Morgan fingerprint density at radius 2 is 1.69 bits per heavy atom. The number of halogens is 2. The van der Waals surface area contributed by atoms with E-state index in [0.29, 0.717) is 54.1 Å². The van der Waals surface area contributed by atoms with Gasteiger partial charge in [-0.3, -0.25) is 4.90 Å². The third-order valence-corrected chi connectivity index (χ3v) is 7.04. The molecule has 1 atom stereocenters. The monoisotopic (exact) mass is 568 g/mol. The predicted molar refractivity (Wildman–Crippen MR) is 152 cm³/mol. The van der Waals surface area contributed by atoms with Crippen LogP contribution in [0.5, 0.6) is 11.5 Å². The lowest BCUT2D eigenvalue weighted by molar-refractivity contribution is -0.176. The summed E-state index contributed by atoms with van der Waals surface area (Å²) in [5, 5.41) is 11.9. The molecule has 0 saturated heterocycles. The summed E-state index contributed by atoms with van der Waals surface area (Å²) in [6, 6.07) is 19.8. The molecule has 9 heteroatoms. The van der Waals surface area contributed by atoms with Gasteiger partial charge in [0.05, 0.1) is 13.2 Å². The Bertz CT molecular complexity index is 1450. The number of amides is 1. The molecule has 0 aliphatic carbocycles. The molecule has 0 saturated carbocycles. The normalized spacial score (nSPS) is 15.3. The van der Waals surface area contributed by atoms with E-state index in [0.717, 1.165) is 27.7 Å². The van der Waals surface area contributed by atoms with Crippen LogP contribution in [0.15, 0.2) is 66.7 Å². The number of carbonyl (C=O) groups is 1. The number of nitrogens with zero attached hydrogens (tertiary/aromatic N) is 1. The van der Waals surface area contributed by atoms with Crippen LogP contribution >= 0.6 is 23.2 Å². The number of rotatable bonds is 8. The first kappa shape index (κ1) is 27.3. The van der Waals surface area contributed by atoms with Gasteiger partial charge in [0.2, 0.25) is 0 Å². The Labute approximate surface area is 237 Å². The van der Waals surface area contributed by atoms with Crippen LogP contribution < -0.4 is 9.47 Å². The van der Waals surface area contributed by atoms with Crippen molar-refractivity contribution in [3.8, 4) is 11.5 Å². The number of H-pyrrole nitrogens is 1. The largest absolute Gasteiger partial charge is 0.494 e. The minimum Gasteiger partial charge on any atom is -0.494 e. The number of ether oxygens (including phenoxy) is 3. The van der Waals surface area contributed by atoms with E-state index in [2.05, 4.69) is 4.98 Å². The summed E-state index contributed by atoms with van der Waals surface area (Å²) in [6.45, 7) is 4.51. The Hall–Kier alpha value is -3.23. The molecule has 4 aromatic rings. The van der Waals surface area contributed by atoms with E-state index >= 15 is 0 Å². The van der Waals surface area contributed by atoms with Crippen LogP contribution in [0.1, 0.15) is 43.1 Å². The van der Waals surface area contributed by atoms with E-state index in [9.17, 15) is 9.90 Å². The highest BCUT2D eigenvalue weighted by atomic mass is 35.5. The van der Waals surface area contributed by atoms with Crippen molar-refractivity contribution in [2.24, 2.45) is 0 Å². The number of fused-ring (bicyclic) bond motifs is 3. The van der Waals surface area contributed by atoms with Gasteiger partial charge < -0.3 is 24.3 Å². The van der Waals surface area contributed by atoms with Gasteiger partial charge in [-0.2, -0.15) is 0 Å². The first-order valence-corrected chi connectivity index (χ1v) is 13.6. The molecule has 1 aliphatic heterocycles. The molecule has 39 heavy (non-hydrogen) atoms. The standard InChI is InChI=1S/C30H30Cl2N2O5/c1-30(2,36)38-17-3-16-37-22-9-4-19(5-10-22)28-27-24(25-18-21(32)8-13-26(25)33-27)14-15-34(28)29(35)39-23-11-6-20(31)7-12-23/h4-13,18,28,33,36H,3,14-17H2,1-2H3/t28-/m0/s1. The zero-order valence-corrected chi connectivity index (χ0v) is 23.3. The second-order valence-electron chi connectivity index (χ2n) is 9.94. The van der Waals surface area contributed by atoms with Crippen molar-refractivity contribution >= 4 is 40.2 Å². The highest BCUT2D eigenvalue weighted by Crippen LogP contribution is 2.40. The number of aliphatic hydroxyl groups is 1. The highest BCUT2D eigenvalue weighted by Gasteiger charge is 2.35. The summed E-state index contributed by atoms with van der Waals surface area (Å²) in [6.07, 6.45) is 0.854. The van der Waals surface area contributed by atoms with Crippen LogP contribution in [0, 0.1) is 0 Å². The summed E-state index contributed by atoms with van der Waals surface area (Å²) >= 11 is 12.3. The second-order valence-corrected chi connectivity index (χ2v) is 10.8. The molecule has 0 spiro atoms. The molecule has 2 N–H and O–H groups in total. The maximum Gasteiger partial charge on any atom is 0.416 e. The number of hydrogen-bond acceptors (Lipinski definition) is 5. The number of nitrogens with one attached hydrogen (secondary N) is 1. The summed E-state index contributed by atoms with van der Waals surface area (Å²) in [4.78, 5) is 18.7. The fourth-order valence-electron chi connectivity index (χ4n) is 4.78. The van der Waals surface area contributed by atoms with Crippen LogP contribution in [0.25, 0.3) is 10.9 Å². The molecule has 0 fully saturated rings. The molecule has 204 valence electrons. The van der Waals surface area contributed by atoms with Crippen molar-refractivity contribution in [3.05, 3.63) is 93.6 Å². The fraction of sp³-hybridized carbons (Fsp3) is 0.300. The second kappa shape index (κ2) is 11.5. The van der Waals surface area contributed by atoms with Crippen LogP contribution in [0.2, 0.25) is 10.0 Å². The summed E-state index contributed by atoms with van der Waals surface area (Å²) in [7, 11) is 0. The number of benzene rings is 3. The SMILES string of the molecule is CC(C)(O)OCCCOc1ccc([C@H]2c3[nH]c4ccc(Cl)cc4c3CCN2C(=O)Oc2ccc(Cl)cc2)cc1. The van der Waals surface area contributed by atoms with Gasteiger partial charge in [-0.25, -0.2) is 4.79 Å². The lowest BCUT2D eigenvalue weighted by Gasteiger charge is -2.35. The average molecular weight is 569 g/mol. The summed E-state index contributed by atoms with van der Waals surface area (Å²) in [5.74, 6) is -0.0267. The first-order valence-electron chi connectivity index (χ1n) is 12.8. The van der Waals surface area contributed by atoms with Gasteiger partial charge >= 0.3 is 6.09 Å². The van der Waals surface area contributed by atoms with Crippen LogP contribution in [-0.2, 0) is 11.2 Å². The molecule has 0 radical (unpaired) electrons. The van der Waals surface area contributed by atoms with Gasteiger partial charge in [-0.15, -0.1) is 0 Å². The third kappa shape index (κ3) is 6.50. The van der Waals surface area contributed by atoms with Crippen molar-refractivity contribution in [1.29, 1.82) is 0 Å². The summed E-state index contributed by atoms with van der Waals surface area (Å²) < 4.78 is 16.9. The van der Waals surface area contributed by atoms with Crippen molar-refractivity contribution in [1.82, 2.24) is 9.88 Å². The minimum absolute atomic E-state index is 0.390. The van der Waals surface area contributed by atoms with Crippen LogP contribution in [-0.4, -0.2) is 46.6 Å². The lowest BCUT2D eigenvalue weighted by Crippen LogP contribution is -2.42. The zero-order valence-electron chi connectivity index (χ0n) is 21.7. The van der Waals surface area contributed by atoms with Crippen molar-refractivity contribution in [2.75, 3.05) is 19.8 Å². The lowest BCUT2D eigenvalue weighted by atomic mass is 9.92. The van der Waals surface area contributed by atoms with Crippen molar-refractivity contribution in [3.63, 3.8) is 0 Å². The molecule has 1 aromatic heterocycles. The smallest absolute Gasteiger partial charge is 0.416 e. The third-order valence-electron chi connectivity index (χ3n) is 6.55. The Morgan fingerprint density at radius 3 is 2.41 bits per heavy atom. The molecular formula is C30H30Cl2N2O5. The highest BCUT2D eigenvalue weighted by molar-refractivity contribution is 6.31. The molecule has 5 rings (SSSR count).